The molecule has 0 saturated heterocycles. The standard InChI is InChI=1S/C14H14ClNO3S2/c1-10-3-6-12(7-4-10)20(17)16-13-9-11(15)5-8-14(13)21(2,18)19/h3-9,16H,1-2H3. The van der Waals surface area contributed by atoms with Crippen LogP contribution < -0.4 is 4.72 Å². The van der Waals surface area contributed by atoms with Gasteiger partial charge in [0.1, 0.15) is 11.0 Å². The van der Waals surface area contributed by atoms with Crippen LogP contribution in [0.5, 0.6) is 0 Å². The molecule has 112 valence electrons. The average Bonchev–Trinajstić information content (AvgIpc) is 2.38. The zero-order valence-corrected chi connectivity index (χ0v) is 13.8. The minimum atomic E-state index is -3.44. The van der Waals surface area contributed by atoms with Crippen molar-refractivity contribution in [2.45, 2.75) is 16.7 Å². The summed E-state index contributed by atoms with van der Waals surface area (Å²) < 4.78 is 38.5. The van der Waals surface area contributed by atoms with Crippen molar-refractivity contribution in [2.24, 2.45) is 0 Å². The third kappa shape index (κ3) is 4.06. The van der Waals surface area contributed by atoms with E-state index in [-0.39, 0.29) is 10.6 Å². The Bertz CT molecular complexity index is 786. The normalized spacial score (nSPS) is 12.9. The lowest BCUT2D eigenvalue weighted by Gasteiger charge is -2.11. The van der Waals surface area contributed by atoms with E-state index in [4.69, 9.17) is 11.6 Å². The first kappa shape index (κ1) is 16.0. The monoisotopic (exact) mass is 343 g/mol. The molecule has 0 aliphatic rings. The van der Waals surface area contributed by atoms with Gasteiger partial charge in [-0.2, -0.15) is 0 Å². The van der Waals surface area contributed by atoms with Crippen LogP contribution in [0.25, 0.3) is 0 Å². The smallest absolute Gasteiger partial charge is 0.177 e. The molecule has 7 heteroatoms. The molecule has 1 atom stereocenters. The largest absolute Gasteiger partial charge is 0.300 e. The Kier molecular flexibility index (Phi) is 4.70. The molecule has 0 amide bonds. The second kappa shape index (κ2) is 6.17. The van der Waals surface area contributed by atoms with Gasteiger partial charge in [-0.1, -0.05) is 29.3 Å². The van der Waals surface area contributed by atoms with Crippen molar-refractivity contribution < 1.29 is 12.6 Å². The highest BCUT2D eigenvalue weighted by Gasteiger charge is 2.15. The maximum atomic E-state index is 12.3. The summed E-state index contributed by atoms with van der Waals surface area (Å²) in [5, 5.41) is 0.366. The average molecular weight is 344 g/mol. The molecule has 0 aromatic heterocycles. The molecule has 0 saturated carbocycles. The molecule has 1 unspecified atom stereocenters. The van der Waals surface area contributed by atoms with E-state index in [0.717, 1.165) is 11.8 Å². The number of anilines is 1. The van der Waals surface area contributed by atoms with Crippen molar-refractivity contribution in [1.82, 2.24) is 0 Å². The molecule has 2 aromatic rings. The van der Waals surface area contributed by atoms with Crippen molar-refractivity contribution in [3.63, 3.8) is 0 Å². The van der Waals surface area contributed by atoms with Gasteiger partial charge in [0.25, 0.3) is 0 Å². The number of hydrogen-bond donors (Lipinski definition) is 1. The van der Waals surface area contributed by atoms with Crippen LogP contribution in [0.3, 0.4) is 0 Å². The van der Waals surface area contributed by atoms with E-state index in [1.165, 1.54) is 18.2 Å². The molecule has 4 nitrogen and oxygen atoms in total. The van der Waals surface area contributed by atoms with Gasteiger partial charge in [0.15, 0.2) is 9.84 Å². The number of rotatable bonds is 4. The van der Waals surface area contributed by atoms with Gasteiger partial charge in [-0.3, -0.25) is 4.72 Å². The van der Waals surface area contributed by atoms with E-state index >= 15 is 0 Å². The fourth-order valence-electron chi connectivity index (χ4n) is 1.73. The Morgan fingerprint density at radius 1 is 1.10 bits per heavy atom. The zero-order chi connectivity index (χ0) is 15.6. The van der Waals surface area contributed by atoms with E-state index in [0.29, 0.717) is 9.92 Å². The molecule has 21 heavy (non-hydrogen) atoms. The maximum absolute atomic E-state index is 12.3. The van der Waals surface area contributed by atoms with Gasteiger partial charge < -0.3 is 0 Å². The SMILES string of the molecule is Cc1ccc(S(=O)Nc2cc(Cl)ccc2S(C)(=O)=O)cc1. The molecular formula is C14H14ClNO3S2. The van der Waals surface area contributed by atoms with E-state index < -0.39 is 20.8 Å². The van der Waals surface area contributed by atoms with Crippen LogP contribution in [-0.4, -0.2) is 18.9 Å². The van der Waals surface area contributed by atoms with Crippen molar-refractivity contribution in [2.75, 3.05) is 11.0 Å². The summed E-state index contributed by atoms with van der Waals surface area (Å²) in [6.07, 6.45) is 1.09. The fraction of sp³-hybridized carbons (Fsp3) is 0.143. The van der Waals surface area contributed by atoms with Gasteiger partial charge in [0.05, 0.1) is 15.5 Å². The first-order chi connectivity index (χ1) is 9.77. The highest BCUT2D eigenvalue weighted by molar-refractivity contribution is 7.91. The van der Waals surface area contributed by atoms with Crippen LogP contribution >= 0.6 is 11.6 Å². The number of hydrogen-bond acceptors (Lipinski definition) is 3. The number of benzene rings is 2. The molecule has 0 bridgehead atoms. The lowest BCUT2D eigenvalue weighted by Crippen LogP contribution is -2.09. The lowest BCUT2D eigenvalue weighted by atomic mass is 10.2. The quantitative estimate of drug-likeness (QED) is 0.927. The van der Waals surface area contributed by atoms with Gasteiger partial charge in [0, 0.05) is 11.3 Å². The molecule has 0 aliphatic carbocycles. The van der Waals surface area contributed by atoms with E-state index in [1.807, 2.05) is 19.1 Å². The topological polar surface area (TPSA) is 63.2 Å². The summed E-state index contributed by atoms with van der Waals surface area (Å²) in [7, 11) is -5.01. The summed E-state index contributed by atoms with van der Waals surface area (Å²) in [4.78, 5) is 0.618. The van der Waals surface area contributed by atoms with Crippen LogP contribution in [-0.2, 0) is 20.8 Å². The molecule has 0 aliphatic heterocycles. The Morgan fingerprint density at radius 2 is 1.71 bits per heavy atom. The first-order valence-corrected chi connectivity index (χ1v) is 9.44. The maximum Gasteiger partial charge on any atom is 0.177 e. The lowest BCUT2D eigenvalue weighted by molar-refractivity contribution is 0.602. The zero-order valence-electron chi connectivity index (χ0n) is 11.5. The van der Waals surface area contributed by atoms with Gasteiger partial charge in [-0.05, 0) is 37.3 Å². The molecule has 2 aromatic carbocycles. The molecule has 2 rings (SSSR count). The summed E-state index contributed by atoms with van der Waals surface area (Å²) >= 11 is 5.88. The second-order valence-electron chi connectivity index (χ2n) is 4.60. The number of halogens is 1. The highest BCUT2D eigenvalue weighted by Crippen LogP contribution is 2.26. The summed E-state index contributed by atoms with van der Waals surface area (Å²) in [6.45, 7) is 1.93. The Hall–Kier alpha value is -1.37. The molecule has 0 radical (unpaired) electrons. The van der Waals surface area contributed by atoms with Crippen LogP contribution in [0.2, 0.25) is 5.02 Å². The van der Waals surface area contributed by atoms with Gasteiger partial charge in [-0.25, -0.2) is 12.6 Å². The fourth-order valence-corrected chi connectivity index (χ4v) is 3.66. The Labute approximate surface area is 131 Å². The molecule has 1 N–H and O–H groups in total. The van der Waals surface area contributed by atoms with E-state index in [9.17, 15) is 12.6 Å². The van der Waals surface area contributed by atoms with Crippen molar-refractivity contribution in [3.05, 3.63) is 53.1 Å². The minimum absolute atomic E-state index is 0.0624. The minimum Gasteiger partial charge on any atom is -0.300 e. The van der Waals surface area contributed by atoms with Crippen molar-refractivity contribution >= 4 is 38.1 Å². The summed E-state index contributed by atoms with van der Waals surface area (Å²) in [5.74, 6) is 0. The predicted molar refractivity (Wildman–Crippen MR) is 85.8 cm³/mol. The van der Waals surface area contributed by atoms with Crippen LogP contribution in [0.1, 0.15) is 5.56 Å². The first-order valence-electron chi connectivity index (χ1n) is 6.02. The molecule has 0 heterocycles. The molecule has 0 spiro atoms. The second-order valence-corrected chi connectivity index (χ2v) is 8.23. The summed E-state index contributed by atoms with van der Waals surface area (Å²) in [5.41, 5.74) is 1.28. The number of aryl methyl sites for hydroxylation is 1. The van der Waals surface area contributed by atoms with Crippen molar-refractivity contribution in [3.8, 4) is 0 Å². The summed E-state index contributed by atoms with van der Waals surface area (Å²) in [6, 6.07) is 11.5. The molecule has 0 fully saturated rings. The van der Waals surface area contributed by atoms with Gasteiger partial charge in [0.2, 0.25) is 0 Å². The number of sulfone groups is 1. The van der Waals surface area contributed by atoms with Crippen molar-refractivity contribution in [1.29, 1.82) is 0 Å². The van der Waals surface area contributed by atoms with Crippen LogP contribution in [0.4, 0.5) is 5.69 Å². The van der Waals surface area contributed by atoms with Crippen LogP contribution in [0, 0.1) is 6.92 Å². The van der Waals surface area contributed by atoms with Crippen LogP contribution in [0.15, 0.2) is 52.3 Å². The van der Waals surface area contributed by atoms with Gasteiger partial charge in [-0.15, -0.1) is 0 Å². The molecular weight excluding hydrogens is 330 g/mol. The number of nitrogens with one attached hydrogen (secondary N) is 1. The third-order valence-electron chi connectivity index (χ3n) is 2.78. The third-order valence-corrected chi connectivity index (χ3v) is 5.27. The van der Waals surface area contributed by atoms with Gasteiger partial charge >= 0.3 is 0 Å². The predicted octanol–water partition coefficient (Wildman–Crippen LogP) is 3.19. The highest BCUT2D eigenvalue weighted by atomic mass is 35.5. The Morgan fingerprint density at radius 3 is 2.29 bits per heavy atom. The van der Waals surface area contributed by atoms with E-state index in [2.05, 4.69) is 4.72 Å². The Balaban J connectivity index is 2.37. The van der Waals surface area contributed by atoms with E-state index in [1.54, 1.807) is 12.1 Å².